The van der Waals surface area contributed by atoms with Crippen molar-refractivity contribution in [1.82, 2.24) is 0 Å². The summed E-state index contributed by atoms with van der Waals surface area (Å²) in [6, 6.07) is 0. The molecule has 0 aromatic rings. The van der Waals surface area contributed by atoms with Crippen molar-refractivity contribution in [3.63, 3.8) is 0 Å². The van der Waals surface area contributed by atoms with E-state index in [0.717, 1.165) is 3.97 Å². The van der Waals surface area contributed by atoms with Gasteiger partial charge in [-0.05, 0) is 0 Å². The molecule has 0 atom stereocenters. The van der Waals surface area contributed by atoms with Crippen molar-refractivity contribution in [2.75, 3.05) is 0 Å². The summed E-state index contributed by atoms with van der Waals surface area (Å²) in [5.41, 5.74) is 0. The number of hydrogen-bond donors (Lipinski definition) is 0. The van der Waals surface area contributed by atoms with Crippen LogP contribution in [0.25, 0.3) is 0 Å². The van der Waals surface area contributed by atoms with Crippen LogP contribution in [0.1, 0.15) is 85.0 Å². The zero-order chi connectivity index (χ0) is 12.3. The summed E-state index contributed by atoms with van der Waals surface area (Å²) in [6.07, 6.45) is 15.7. The van der Waals surface area contributed by atoms with Crippen molar-refractivity contribution in [1.29, 1.82) is 0 Å². The van der Waals surface area contributed by atoms with Crippen molar-refractivity contribution in [2.45, 2.75) is 97.9 Å². The van der Waals surface area contributed by atoms with Crippen LogP contribution in [0.2, 0.25) is 12.9 Å². The number of hydrogen-bond acceptors (Lipinski definition) is 0. The minimum atomic E-state index is -1.14. The summed E-state index contributed by atoms with van der Waals surface area (Å²) in [5, 5.41) is 0. The molecule has 0 aromatic carbocycles. The molecule has 2 aliphatic rings. The van der Waals surface area contributed by atoms with Gasteiger partial charge < -0.3 is 0 Å². The van der Waals surface area contributed by atoms with Gasteiger partial charge in [-0.25, -0.2) is 0 Å². The first-order valence-corrected chi connectivity index (χ1v) is 12.1. The van der Waals surface area contributed by atoms with Gasteiger partial charge in [-0.1, -0.05) is 0 Å². The average Bonchev–Trinajstić information content (AvgIpc) is 2.30. The fourth-order valence-corrected chi connectivity index (χ4v) is 17.3. The van der Waals surface area contributed by atoms with Gasteiger partial charge in [-0.15, -0.1) is 0 Å². The van der Waals surface area contributed by atoms with Crippen LogP contribution in [-0.4, -0.2) is 16.2 Å². The van der Waals surface area contributed by atoms with Gasteiger partial charge in [-0.2, -0.15) is 0 Å². The molecule has 17 heavy (non-hydrogen) atoms. The zero-order valence-electron chi connectivity index (χ0n) is 12.3. The van der Waals surface area contributed by atoms with Crippen LogP contribution in [0.5, 0.6) is 0 Å². The second-order valence-electron chi connectivity index (χ2n) is 7.69. The standard InChI is InChI=1S/2C6H11.C4H9.Ga/c2*1-2-4-6-5-3-1;1-4(2)3;/h2*1H,2-6H2;1-3H3;. The Morgan fingerprint density at radius 1 is 0.647 bits per heavy atom. The molecule has 0 saturated heterocycles. The third kappa shape index (κ3) is 3.80. The van der Waals surface area contributed by atoms with Crippen LogP contribution in [0, 0.1) is 0 Å². The Labute approximate surface area is 114 Å². The number of rotatable bonds is 2. The Hall–Kier alpha value is 0.636. The van der Waals surface area contributed by atoms with Gasteiger partial charge in [0.05, 0.1) is 0 Å². The van der Waals surface area contributed by atoms with Crippen molar-refractivity contribution in [2.24, 2.45) is 0 Å². The van der Waals surface area contributed by atoms with Crippen LogP contribution in [-0.2, 0) is 0 Å². The molecule has 0 amide bonds. The Balaban J connectivity index is 2.06. The first kappa shape index (κ1) is 14.1. The van der Waals surface area contributed by atoms with E-state index in [1.54, 1.807) is 51.4 Å². The van der Waals surface area contributed by atoms with Crippen LogP contribution < -0.4 is 0 Å². The molecule has 0 spiro atoms. The molecule has 2 rings (SSSR count). The SMILES string of the molecule is C[C](C)(C)[Ga]([CH]1CCCCC1)[CH]1CCCCC1. The van der Waals surface area contributed by atoms with Crippen LogP contribution in [0.4, 0.5) is 0 Å². The molecule has 1 heteroatoms. The minimum absolute atomic E-state index is 0.719. The second kappa shape index (κ2) is 6.19. The molecule has 2 aliphatic carbocycles. The summed E-state index contributed by atoms with van der Waals surface area (Å²) in [6.45, 7) is 7.75. The van der Waals surface area contributed by atoms with Gasteiger partial charge in [-0.3, -0.25) is 0 Å². The Morgan fingerprint density at radius 3 is 1.29 bits per heavy atom. The maximum absolute atomic E-state index is 2.58. The molecule has 0 bridgehead atoms. The Bertz CT molecular complexity index is 198. The van der Waals surface area contributed by atoms with E-state index in [0.29, 0.717) is 0 Å². The van der Waals surface area contributed by atoms with Crippen molar-refractivity contribution < 1.29 is 0 Å². The zero-order valence-corrected chi connectivity index (χ0v) is 14.7. The van der Waals surface area contributed by atoms with Crippen molar-refractivity contribution in [3.8, 4) is 0 Å². The molecule has 0 unspecified atom stereocenters. The molecule has 2 fully saturated rings. The van der Waals surface area contributed by atoms with Gasteiger partial charge in [0, 0.05) is 0 Å². The molecule has 0 aliphatic heterocycles. The van der Waals surface area contributed by atoms with E-state index in [-0.39, 0.29) is 0 Å². The quantitative estimate of drug-likeness (QED) is 0.552. The van der Waals surface area contributed by atoms with Crippen LogP contribution in [0.3, 0.4) is 0 Å². The van der Waals surface area contributed by atoms with E-state index >= 15 is 0 Å². The molecule has 2 saturated carbocycles. The fourth-order valence-electron chi connectivity index (χ4n) is 4.79. The molecule has 0 aromatic heterocycles. The van der Waals surface area contributed by atoms with Gasteiger partial charge in [0.15, 0.2) is 0 Å². The third-order valence-electron chi connectivity index (χ3n) is 5.32. The van der Waals surface area contributed by atoms with Crippen LogP contribution in [0.15, 0.2) is 0 Å². The monoisotopic (exact) mass is 292 g/mol. The predicted octanol–water partition coefficient (Wildman–Crippen LogP) is 5.95. The molecule has 0 nitrogen and oxygen atoms in total. The summed E-state index contributed by atoms with van der Waals surface area (Å²) < 4.78 is 3.19. The molecule has 0 N–H and O–H groups in total. The summed E-state index contributed by atoms with van der Waals surface area (Å²) in [5.74, 6) is 0. The fraction of sp³-hybridized carbons (Fsp3) is 1.00. The topological polar surface area (TPSA) is 0 Å². The van der Waals surface area contributed by atoms with Crippen LogP contribution >= 0.6 is 0 Å². The Kier molecular flexibility index (Phi) is 5.12. The van der Waals surface area contributed by atoms with E-state index in [2.05, 4.69) is 20.8 Å². The first-order valence-electron chi connectivity index (χ1n) is 8.09. The maximum atomic E-state index is 2.58. The van der Waals surface area contributed by atoms with E-state index in [9.17, 15) is 0 Å². The predicted molar refractivity (Wildman–Crippen MR) is 79.1 cm³/mol. The molecule has 0 heterocycles. The van der Waals surface area contributed by atoms with E-state index in [1.165, 1.54) is 21.8 Å². The normalized spacial score (nSPS) is 24.9. The summed E-state index contributed by atoms with van der Waals surface area (Å²) >= 11 is -1.14. The average molecular weight is 293 g/mol. The van der Waals surface area contributed by atoms with Gasteiger partial charge in [0.1, 0.15) is 0 Å². The molecule has 98 valence electrons. The van der Waals surface area contributed by atoms with Crippen molar-refractivity contribution >= 4 is 16.2 Å². The van der Waals surface area contributed by atoms with Crippen molar-refractivity contribution in [3.05, 3.63) is 0 Å². The second-order valence-corrected chi connectivity index (χ2v) is 17.5. The van der Waals surface area contributed by atoms with E-state index < -0.39 is 16.2 Å². The van der Waals surface area contributed by atoms with Gasteiger partial charge >= 0.3 is 114 Å². The molecular weight excluding hydrogens is 262 g/mol. The van der Waals surface area contributed by atoms with E-state index in [1.807, 2.05) is 0 Å². The van der Waals surface area contributed by atoms with E-state index in [4.69, 9.17) is 0 Å². The summed E-state index contributed by atoms with van der Waals surface area (Å²) in [4.78, 5) is 0. The van der Waals surface area contributed by atoms with Gasteiger partial charge in [0.25, 0.3) is 0 Å². The third-order valence-corrected chi connectivity index (χ3v) is 16.6. The molecule has 0 radical (unpaired) electrons. The first-order chi connectivity index (χ1) is 8.09. The Morgan fingerprint density at radius 2 is 1.00 bits per heavy atom. The molecular formula is C16H31Ga. The van der Waals surface area contributed by atoms with Gasteiger partial charge in [0.2, 0.25) is 0 Å². The summed E-state index contributed by atoms with van der Waals surface area (Å²) in [7, 11) is 0.